The number of hydrogen-bond acceptors (Lipinski definition) is 4. The SMILES string of the molecule is CCOc1ccc(/C=C/C(=O)Nc2ccc(S(=O)(=O)N(C)Cc3ccccc3)cc2)cc1. The highest BCUT2D eigenvalue weighted by Gasteiger charge is 2.20. The van der Waals surface area contributed by atoms with Crippen LogP contribution in [0.1, 0.15) is 18.1 Å². The van der Waals surface area contributed by atoms with Crippen LogP contribution in [0.15, 0.2) is 89.8 Å². The third-order valence-electron chi connectivity index (χ3n) is 4.70. The molecule has 0 heterocycles. The Balaban J connectivity index is 1.60. The minimum Gasteiger partial charge on any atom is -0.494 e. The van der Waals surface area contributed by atoms with E-state index < -0.39 is 10.0 Å². The highest BCUT2D eigenvalue weighted by Crippen LogP contribution is 2.19. The van der Waals surface area contributed by atoms with Crippen molar-refractivity contribution < 1.29 is 17.9 Å². The zero-order chi connectivity index (χ0) is 23.0. The van der Waals surface area contributed by atoms with E-state index in [9.17, 15) is 13.2 Å². The molecule has 0 saturated heterocycles. The molecule has 0 aromatic heterocycles. The molecule has 0 unspecified atom stereocenters. The Hall–Kier alpha value is -3.42. The Morgan fingerprint density at radius 1 is 0.969 bits per heavy atom. The van der Waals surface area contributed by atoms with Gasteiger partial charge in [0.05, 0.1) is 11.5 Å². The maximum absolute atomic E-state index is 12.8. The summed E-state index contributed by atoms with van der Waals surface area (Å²) in [7, 11) is -2.09. The van der Waals surface area contributed by atoms with Crippen LogP contribution in [0.5, 0.6) is 5.75 Å². The summed E-state index contributed by atoms with van der Waals surface area (Å²) < 4.78 is 32.3. The molecular formula is C25H26N2O4S. The number of ether oxygens (including phenoxy) is 1. The second-order valence-corrected chi connectivity index (χ2v) is 9.14. The molecule has 0 radical (unpaired) electrons. The average Bonchev–Trinajstić information content (AvgIpc) is 2.80. The van der Waals surface area contributed by atoms with E-state index in [2.05, 4.69) is 5.32 Å². The first-order valence-electron chi connectivity index (χ1n) is 10.2. The maximum atomic E-state index is 12.8. The van der Waals surface area contributed by atoms with Crippen molar-refractivity contribution in [2.75, 3.05) is 19.0 Å². The summed E-state index contributed by atoms with van der Waals surface area (Å²) in [6.45, 7) is 2.79. The molecule has 0 spiro atoms. The standard InChI is InChI=1S/C25H26N2O4S/c1-3-31-23-14-9-20(10-15-23)11-18-25(28)26-22-12-16-24(17-13-22)32(29,30)27(2)19-21-7-5-4-6-8-21/h4-18H,3,19H2,1-2H3,(H,26,28)/b18-11+. The molecule has 3 aromatic rings. The van der Waals surface area contributed by atoms with E-state index in [-0.39, 0.29) is 17.3 Å². The van der Waals surface area contributed by atoms with Gasteiger partial charge in [-0.25, -0.2) is 8.42 Å². The number of carbonyl (C=O) groups excluding carboxylic acids is 1. The van der Waals surface area contributed by atoms with Crippen LogP contribution in [0.25, 0.3) is 6.08 Å². The zero-order valence-electron chi connectivity index (χ0n) is 18.1. The fraction of sp³-hybridized carbons (Fsp3) is 0.160. The molecule has 0 atom stereocenters. The fourth-order valence-electron chi connectivity index (χ4n) is 3.01. The number of nitrogens with zero attached hydrogens (tertiary/aromatic N) is 1. The lowest BCUT2D eigenvalue weighted by molar-refractivity contribution is -0.111. The van der Waals surface area contributed by atoms with E-state index in [1.54, 1.807) is 25.3 Å². The van der Waals surface area contributed by atoms with E-state index >= 15 is 0 Å². The molecule has 7 heteroatoms. The van der Waals surface area contributed by atoms with Gasteiger partial charge >= 0.3 is 0 Å². The number of nitrogens with one attached hydrogen (secondary N) is 1. The lowest BCUT2D eigenvalue weighted by Gasteiger charge is -2.17. The first-order chi connectivity index (χ1) is 15.4. The molecule has 0 aliphatic rings. The highest BCUT2D eigenvalue weighted by atomic mass is 32.2. The lowest BCUT2D eigenvalue weighted by Crippen LogP contribution is -2.26. The molecule has 3 rings (SSSR count). The molecule has 1 amide bonds. The Kier molecular flexibility index (Phi) is 7.81. The fourth-order valence-corrected chi connectivity index (χ4v) is 4.17. The van der Waals surface area contributed by atoms with Crippen molar-refractivity contribution in [2.45, 2.75) is 18.4 Å². The van der Waals surface area contributed by atoms with Gasteiger partial charge < -0.3 is 10.1 Å². The van der Waals surface area contributed by atoms with Crippen molar-refractivity contribution in [1.82, 2.24) is 4.31 Å². The van der Waals surface area contributed by atoms with Crippen molar-refractivity contribution in [3.63, 3.8) is 0 Å². The topological polar surface area (TPSA) is 75.7 Å². The molecule has 1 N–H and O–H groups in total. The van der Waals surface area contributed by atoms with Crippen molar-refractivity contribution in [3.05, 3.63) is 96.1 Å². The number of carbonyl (C=O) groups is 1. The molecule has 32 heavy (non-hydrogen) atoms. The monoisotopic (exact) mass is 450 g/mol. The quantitative estimate of drug-likeness (QED) is 0.485. The molecule has 0 saturated carbocycles. The van der Waals surface area contributed by atoms with Crippen molar-refractivity contribution in [1.29, 1.82) is 0 Å². The number of benzene rings is 3. The lowest BCUT2D eigenvalue weighted by atomic mass is 10.2. The first kappa shape index (κ1) is 23.2. The van der Waals surface area contributed by atoms with Crippen LogP contribution in [0.3, 0.4) is 0 Å². The molecular weight excluding hydrogens is 424 g/mol. The van der Waals surface area contributed by atoms with Gasteiger partial charge in [-0.15, -0.1) is 0 Å². The van der Waals surface area contributed by atoms with Gasteiger partial charge in [-0.3, -0.25) is 4.79 Å². The molecule has 0 aliphatic heterocycles. The predicted octanol–water partition coefficient (Wildman–Crippen LogP) is 4.56. The van der Waals surface area contributed by atoms with Crippen LogP contribution in [0.4, 0.5) is 5.69 Å². The molecule has 6 nitrogen and oxygen atoms in total. The van der Waals surface area contributed by atoms with E-state index in [4.69, 9.17) is 4.74 Å². The number of rotatable bonds is 9. The Labute approximate surface area is 189 Å². The molecule has 0 bridgehead atoms. The summed E-state index contributed by atoms with van der Waals surface area (Å²) in [6, 6.07) is 22.9. The number of sulfonamides is 1. The Morgan fingerprint density at radius 3 is 2.25 bits per heavy atom. The Bertz CT molecular complexity index is 1160. The first-order valence-corrected chi connectivity index (χ1v) is 11.6. The van der Waals surface area contributed by atoms with E-state index in [1.165, 1.54) is 22.5 Å². The average molecular weight is 451 g/mol. The molecule has 0 fully saturated rings. The van der Waals surface area contributed by atoms with Crippen molar-refractivity contribution in [3.8, 4) is 5.75 Å². The third kappa shape index (κ3) is 6.29. The minimum atomic E-state index is -3.64. The van der Waals surface area contributed by atoms with Gasteiger partial charge in [0, 0.05) is 25.4 Å². The summed E-state index contributed by atoms with van der Waals surface area (Å²) >= 11 is 0. The summed E-state index contributed by atoms with van der Waals surface area (Å²) in [5.41, 5.74) is 2.28. The summed E-state index contributed by atoms with van der Waals surface area (Å²) in [5, 5.41) is 2.73. The van der Waals surface area contributed by atoms with E-state index in [0.29, 0.717) is 12.3 Å². The van der Waals surface area contributed by atoms with Gasteiger partial charge in [-0.05, 0) is 60.5 Å². The van der Waals surface area contributed by atoms with Gasteiger partial charge in [0.1, 0.15) is 5.75 Å². The molecule has 3 aromatic carbocycles. The van der Waals surface area contributed by atoms with Crippen LogP contribution < -0.4 is 10.1 Å². The minimum absolute atomic E-state index is 0.166. The number of amides is 1. The van der Waals surface area contributed by atoms with E-state index in [1.807, 2.05) is 61.5 Å². The largest absolute Gasteiger partial charge is 0.494 e. The van der Waals surface area contributed by atoms with Crippen LogP contribution in [0, 0.1) is 0 Å². The zero-order valence-corrected chi connectivity index (χ0v) is 18.9. The second-order valence-electron chi connectivity index (χ2n) is 7.10. The number of hydrogen-bond donors (Lipinski definition) is 1. The van der Waals surface area contributed by atoms with Crippen molar-refractivity contribution in [2.24, 2.45) is 0 Å². The van der Waals surface area contributed by atoms with Crippen LogP contribution in [-0.4, -0.2) is 32.3 Å². The summed E-state index contributed by atoms with van der Waals surface area (Å²) in [5.74, 6) is 0.467. The van der Waals surface area contributed by atoms with Gasteiger partial charge in [-0.1, -0.05) is 42.5 Å². The summed E-state index contributed by atoms with van der Waals surface area (Å²) in [6.07, 6.45) is 3.12. The highest BCUT2D eigenvalue weighted by molar-refractivity contribution is 7.89. The number of anilines is 1. The molecule has 0 aliphatic carbocycles. The van der Waals surface area contributed by atoms with E-state index in [0.717, 1.165) is 16.9 Å². The van der Waals surface area contributed by atoms with Crippen molar-refractivity contribution >= 4 is 27.7 Å². The molecule has 166 valence electrons. The van der Waals surface area contributed by atoms with Gasteiger partial charge in [0.2, 0.25) is 15.9 Å². The maximum Gasteiger partial charge on any atom is 0.248 e. The van der Waals surface area contributed by atoms with Crippen LogP contribution in [-0.2, 0) is 21.4 Å². The smallest absolute Gasteiger partial charge is 0.248 e. The predicted molar refractivity (Wildman–Crippen MR) is 127 cm³/mol. The summed E-state index contributed by atoms with van der Waals surface area (Å²) in [4.78, 5) is 12.4. The normalized spacial score (nSPS) is 11.6. The van der Waals surface area contributed by atoms with Gasteiger partial charge in [-0.2, -0.15) is 4.31 Å². The van der Waals surface area contributed by atoms with Gasteiger partial charge in [0.15, 0.2) is 0 Å². The third-order valence-corrected chi connectivity index (χ3v) is 6.51. The van der Waals surface area contributed by atoms with Crippen LogP contribution in [0.2, 0.25) is 0 Å². The van der Waals surface area contributed by atoms with Gasteiger partial charge in [0.25, 0.3) is 0 Å². The van der Waals surface area contributed by atoms with Crippen LogP contribution >= 0.6 is 0 Å². The second kappa shape index (κ2) is 10.7. The Morgan fingerprint density at radius 2 is 1.62 bits per heavy atom.